The number of piperazine rings is 1. The number of amides is 1. The summed E-state index contributed by atoms with van der Waals surface area (Å²) >= 11 is 0. The maximum Gasteiger partial charge on any atom is 0.251 e. The van der Waals surface area contributed by atoms with E-state index in [-0.39, 0.29) is 11.7 Å². The van der Waals surface area contributed by atoms with E-state index in [1.807, 2.05) is 38.2 Å². The number of sulfonamides is 1. The molecular weight excluding hydrogens is 402 g/mol. The van der Waals surface area contributed by atoms with E-state index in [0.717, 1.165) is 24.4 Å². The fourth-order valence-electron chi connectivity index (χ4n) is 3.28. The van der Waals surface area contributed by atoms with Crippen LogP contribution < -0.4 is 10.1 Å². The highest BCUT2D eigenvalue weighted by molar-refractivity contribution is 7.88. The number of rotatable bonds is 8. The van der Waals surface area contributed by atoms with Crippen LogP contribution in [0.3, 0.4) is 0 Å². The Morgan fingerprint density at radius 1 is 0.967 bits per heavy atom. The molecule has 0 bridgehead atoms. The number of carbonyl (C=O) groups excluding carboxylic acids is 1. The van der Waals surface area contributed by atoms with Crippen LogP contribution in [0.1, 0.15) is 28.4 Å². The summed E-state index contributed by atoms with van der Waals surface area (Å²) in [5.41, 5.74) is 2.15. The minimum atomic E-state index is -3.35. The monoisotopic (exact) mass is 431 g/mol. The molecule has 7 nitrogen and oxygen atoms in total. The molecule has 3 rings (SSSR count). The summed E-state index contributed by atoms with van der Waals surface area (Å²) in [5.74, 6) is 0.553. The van der Waals surface area contributed by atoms with Crippen LogP contribution in [-0.2, 0) is 22.3 Å². The smallest absolute Gasteiger partial charge is 0.251 e. The molecule has 1 saturated heterocycles. The lowest BCUT2D eigenvalue weighted by Gasteiger charge is -2.31. The summed E-state index contributed by atoms with van der Waals surface area (Å²) in [5, 5.41) is 2.88. The summed E-state index contributed by atoms with van der Waals surface area (Å²) in [4.78, 5) is 14.5. The summed E-state index contributed by atoms with van der Waals surface area (Å²) in [6, 6.07) is 14.3. The average molecular weight is 432 g/mol. The summed E-state index contributed by atoms with van der Waals surface area (Å²) < 4.78 is 32.2. The highest BCUT2D eigenvalue weighted by Gasteiger charge is 2.25. The SMILES string of the molecule is CCOc1ccc(CNC(=O)c2ccc(CS(=O)(=O)N3CCN(C)CC3)cc2)cc1. The van der Waals surface area contributed by atoms with Crippen LogP contribution in [0, 0.1) is 0 Å². The van der Waals surface area contributed by atoms with Gasteiger partial charge in [-0.25, -0.2) is 8.42 Å². The zero-order chi connectivity index (χ0) is 21.6. The molecule has 1 fully saturated rings. The van der Waals surface area contributed by atoms with E-state index < -0.39 is 10.0 Å². The highest BCUT2D eigenvalue weighted by Crippen LogP contribution is 2.15. The molecule has 0 atom stereocenters. The standard InChI is InChI=1S/C22H29N3O4S/c1-3-29-21-10-6-18(7-11-21)16-23-22(26)20-8-4-19(5-9-20)17-30(27,28)25-14-12-24(2)13-15-25/h4-11H,3,12-17H2,1-2H3,(H,23,26). The van der Waals surface area contributed by atoms with Gasteiger partial charge in [0.05, 0.1) is 12.4 Å². The van der Waals surface area contributed by atoms with Gasteiger partial charge in [0.15, 0.2) is 0 Å². The molecule has 0 radical (unpaired) electrons. The summed E-state index contributed by atoms with van der Waals surface area (Å²) in [6.45, 7) is 5.48. The Labute approximate surface area is 178 Å². The topological polar surface area (TPSA) is 78.9 Å². The van der Waals surface area contributed by atoms with Crippen molar-refractivity contribution in [3.63, 3.8) is 0 Å². The van der Waals surface area contributed by atoms with E-state index in [4.69, 9.17) is 4.74 Å². The Kier molecular flexibility index (Phi) is 7.47. The predicted molar refractivity (Wildman–Crippen MR) is 117 cm³/mol. The molecular formula is C22H29N3O4S. The first kappa shape index (κ1) is 22.3. The first-order chi connectivity index (χ1) is 14.4. The Morgan fingerprint density at radius 3 is 2.17 bits per heavy atom. The molecule has 162 valence electrons. The average Bonchev–Trinajstić information content (AvgIpc) is 2.74. The van der Waals surface area contributed by atoms with Crippen molar-refractivity contribution in [1.29, 1.82) is 0 Å². The molecule has 1 aliphatic rings. The van der Waals surface area contributed by atoms with Crippen molar-refractivity contribution in [3.8, 4) is 5.75 Å². The molecule has 0 aromatic heterocycles. The van der Waals surface area contributed by atoms with Gasteiger partial charge in [-0.3, -0.25) is 4.79 Å². The third-order valence-electron chi connectivity index (χ3n) is 5.11. The molecule has 0 aliphatic carbocycles. The lowest BCUT2D eigenvalue weighted by atomic mass is 10.1. The van der Waals surface area contributed by atoms with Gasteiger partial charge < -0.3 is 15.0 Å². The summed E-state index contributed by atoms with van der Waals surface area (Å²) in [6.07, 6.45) is 0. The molecule has 30 heavy (non-hydrogen) atoms. The van der Waals surface area contributed by atoms with Gasteiger partial charge >= 0.3 is 0 Å². The summed E-state index contributed by atoms with van der Waals surface area (Å²) in [7, 11) is -1.36. The zero-order valence-corrected chi connectivity index (χ0v) is 18.3. The van der Waals surface area contributed by atoms with Gasteiger partial charge in [-0.05, 0) is 49.4 Å². The normalized spacial score (nSPS) is 15.7. The maximum atomic E-state index is 12.6. The van der Waals surface area contributed by atoms with Crippen molar-refractivity contribution >= 4 is 15.9 Å². The first-order valence-corrected chi connectivity index (χ1v) is 11.7. The molecule has 8 heteroatoms. The van der Waals surface area contributed by atoms with E-state index in [0.29, 0.717) is 37.4 Å². The van der Waals surface area contributed by atoms with Crippen LogP contribution in [0.4, 0.5) is 0 Å². The van der Waals surface area contributed by atoms with Crippen molar-refractivity contribution in [1.82, 2.24) is 14.5 Å². The molecule has 1 N–H and O–H groups in total. The van der Waals surface area contributed by atoms with Gasteiger partial charge in [-0.15, -0.1) is 0 Å². The van der Waals surface area contributed by atoms with E-state index in [9.17, 15) is 13.2 Å². The van der Waals surface area contributed by atoms with Crippen molar-refractivity contribution in [2.45, 2.75) is 19.2 Å². The third kappa shape index (κ3) is 6.04. The number of ether oxygens (including phenoxy) is 1. The van der Waals surface area contributed by atoms with Gasteiger partial charge in [0.1, 0.15) is 5.75 Å². The number of nitrogens with zero attached hydrogens (tertiary/aromatic N) is 2. The molecule has 0 saturated carbocycles. The fourth-order valence-corrected chi connectivity index (χ4v) is 4.79. The Balaban J connectivity index is 1.53. The number of hydrogen-bond acceptors (Lipinski definition) is 5. The van der Waals surface area contributed by atoms with Crippen LogP contribution in [0.25, 0.3) is 0 Å². The van der Waals surface area contributed by atoms with Gasteiger partial charge in [0.2, 0.25) is 10.0 Å². The second-order valence-corrected chi connectivity index (χ2v) is 9.38. The quantitative estimate of drug-likeness (QED) is 0.693. The van der Waals surface area contributed by atoms with Crippen LogP contribution in [-0.4, -0.2) is 63.4 Å². The number of nitrogens with one attached hydrogen (secondary N) is 1. The van der Waals surface area contributed by atoms with Crippen LogP contribution in [0.2, 0.25) is 0 Å². The molecule has 2 aromatic rings. The highest BCUT2D eigenvalue weighted by atomic mass is 32.2. The Bertz CT molecular complexity index is 935. The molecule has 1 heterocycles. The van der Waals surface area contributed by atoms with Crippen molar-refractivity contribution < 1.29 is 17.9 Å². The second-order valence-electron chi connectivity index (χ2n) is 7.42. The van der Waals surface area contributed by atoms with Crippen LogP contribution in [0.15, 0.2) is 48.5 Å². The molecule has 1 aliphatic heterocycles. The number of carbonyl (C=O) groups is 1. The van der Waals surface area contributed by atoms with Crippen molar-refractivity contribution in [2.75, 3.05) is 39.8 Å². The van der Waals surface area contributed by atoms with Gasteiger partial charge in [0.25, 0.3) is 5.91 Å². The van der Waals surface area contributed by atoms with Gasteiger partial charge in [-0.2, -0.15) is 4.31 Å². The van der Waals surface area contributed by atoms with E-state index >= 15 is 0 Å². The van der Waals surface area contributed by atoms with E-state index in [1.54, 1.807) is 28.6 Å². The van der Waals surface area contributed by atoms with E-state index in [1.165, 1.54) is 0 Å². The van der Waals surface area contributed by atoms with Crippen molar-refractivity contribution in [2.24, 2.45) is 0 Å². The maximum absolute atomic E-state index is 12.6. The molecule has 0 spiro atoms. The lowest BCUT2D eigenvalue weighted by Crippen LogP contribution is -2.47. The predicted octanol–water partition coefficient (Wildman–Crippen LogP) is 2.09. The molecule has 0 unspecified atom stereocenters. The van der Waals surface area contributed by atoms with Gasteiger partial charge in [-0.1, -0.05) is 24.3 Å². The van der Waals surface area contributed by atoms with Gasteiger partial charge in [0, 0.05) is 38.3 Å². The largest absolute Gasteiger partial charge is 0.494 e. The Morgan fingerprint density at radius 2 is 1.57 bits per heavy atom. The van der Waals surface area contributed by atoms with Crippen LogP contribution in [0.5, 0.6) is 5.75 Å². The number of likely N-dealkylation sites (N-methyl/N-ethyl adjacent to an activating group) is 1. The molecule has 2 aromatic carbocycles. The number of benzene rings is 2. The first-order valence-electron chi connectivity index (χ1n) is 10.1. The second kappa shape index (κ2) is 10.1. The molecule has 1 amide bonds. The minimum absolute atomic E-state index is 0.0508. The Hall–Kier alpha value is -2.42. The third-order valence-corrected chi connectivity index (χ3v) is 6.96. The fraction of sp³-hybridized carbons (Fsp3) is 0.409. The van der Waals surface area contributed by atoms with Crippen LogP contribution >= 0.6 is 0 Å². The minimum Gasteiger partial charge on any atom is -0.494 e. The zero-order valence-electron chi connectivity index (χ0n) is 17.5. The lowest BCUT2D eigenvalue weighted by molar-refractivity contribution is 0.0951. The number of hydrogen-bond donors (Lipinski definition) is 1. The van der Waals surface area contributed by atoms with Crippen molar-refractivity contribution in [3.05, 3.63) is 65.2 Å². The van der Waals surface area contributed by atoms with E-state index in [2.05, 4.69) is 10.2 Å².